The average molecular weight is 339 g/mol. The van der Waals surface area contributed by atoms with Crippen molar-refractivity contribution in [1.82, 2.24) is 14.8 Å². The van der Waals surface area contributed by atoms with Crippen LogP contribution in [-0.2, 0) is 5.75 Å². The van der Waals surface area contributed by atoms with Gasteiger partial charge in [0.25, 0.3) is 0 Å². The van der Waals surface area contributed by atoms with Crippen molar-refractivity contribution < 1.29 is 4.74 Å². The Bertz CT molecular complexity index is 794. The molecule has 0 radical (unpaired) electrons. The van der Waals surface area contributed by atoms with E-state index in [0.29, 0.717) is 6.61 Å². The van der Waals surface area contributed by atoms with Crippen LogP contribution in [0.15, 0.2) is 53.7 Å². The maximum absolute atomic E-state index is 5.51. The smallest absolute Gasteiger partial charge is 0.196 e. The Morgan fingerprint density at radius 2 is 1.67 bits per heavy atom. The van der Waals surface area contributed by atoms with Gasteiger partial charge in [-0.1, -0.05) is 41.6 Å². The van der Waals surface area contributed by atoms with Crippen LogP contribution in [0, 0.1) is 13.8 Å². The highest BCUT2D eigenvalue weighted by Gasteiger charge is 2.11. The van der Waals surface area contributed by atoms with E-state index in [4.69, 9.17) is 4.74 Å². The number of ether oxygens (including phenoxy) is 1. The fourth-order valence-corrected chi connectivity index (χ4v) is 3.38. The molecule has 4 nitrogen and oxygen atoms in total. The second-order valence-corrected chi connectivity index (χ2v) is 6.51. The summed E-state index contributed by atoms with van der Waals surface area (Å²) in [4.78, 5) is 0. The van der Waals surface area contributed by atoms with Crippen LogP contribution in [0.3, 0.4) is 0 Å². The van der Waals surface area contributed by atoms with Gasteiger partial charge < -0.3 is 4.74 Å². The predicted molar refractivity (Wildman–Crippen MR) is 98.0 cm³/mol. The first-order chi connectivity index (χ1) is 11.7. The van der Waals surface area contributed by atoms with Crippen molar-refractivity contribution in [1.29, 1.82) is 0 Å². The van der Waals surface area contributed by atoms with Crippen molar-refractivity contribution in [3.05, 3.63) is 65.5 Å². The maximum atomic E-state index is 5.51. The molecule has 0 unspecified atom stereocenters. The number of hydrogen-bond acceptors (Lipinski definition) is 4. The lowest BCUT2D eigenvalue weighted by Gasteiger charge is -2.10. The van der Waals surface area contributed by atoms with E-state index in [1.165, 1.54) is 11.1 Å². The van der Waals surface area contributed by atoms with Gasteiger partial charge in [0.05, 0.1) is 6.61 Å². The van der Waals surface area contributed by atoms with Crippen LogP contribution >= 0.6 is 11.8 Å². The third-order valence-corrected chi connectivity index (χ3v) is 4.69. The van der Waals surface area contributed by atoms with Gasteiger partial charge in [-0.2, -0.15) is 0 Å². The predicted octanol–water partition coefficient (Wildman–Crippen LogP) is 4.58. The minimum atomic E-state index is 0.669. The molecule has 0 bridgehead atoms. The van der Waals surface area contributed by atoms with Gasteiger partial charge in [0.2, 0.25) is 0 Å². The van der Waals surface area contributed by atoms with E-state index in [-0.39, 0.29) is 0 Å². The molecule has 1 heterocycles. The number of aryl methyl sites for hydroxylation is 2. The normalized spacial score (nSPS) is 10.8. The van der Waals surface area contributed by atoms with Crippen LogP contribution < -0.4 is 4.74 Å². The van der Waals surface area contributed by atoms with Crippen molar-refractivity contribution in [2.24, 2.45) is 0 Å². The summed E-state index contributed by atoms with van der Waals surface area (Å²) in [6, 6.07) is 16.6. The lowest BCUT2D eigenvalue weighted by molar-refractivity contribution is 0.340. The molecular formula is C19H21N3OS. The maximum Gasteiger partial charge on any atom is 0.196 e. The molecule has 0 saturated carbocycles. The Balaban J connectivity index is 1.79. The summed E-state index contributed by atoms with van der Waals surface area (Å²) < 4.78 is 7.59. The minimum Gasteiger partial charge on any atom is -0.494 e. The van der Waals surface area contributed by atoms with Crippen LogP contribution in [0.25, 0.3) is 5.69 Å². The third-order valence-electron chi connectivity index (χ3n) is 3.69. The lowest BCUT2D eigenvalue weighted by Crippen LogP contribution is -2.00. The molecule has 0 fully saturated rings. The van der Waals surface area contributed by atoms with Crippen molar-refractivity contribution in [3.8, 4) is 11.4 Å². The Morgan fingerprint density at radius 3 is 2.33 bits per heavy atom. The van der Waals surface area contributed by atoms with E-state index < -0.39 is 0 Å². The monoisotopic (exact) mass is 339 g/mol. The zero-order chi connectivity index (χ0) is 16.9. The van der Waals surface area contributed by atoms with E-state index in [2.05, 4.69) is 46.0 Å². The van der Waals surface area contributed by atoms with Crippen LogP contribution in [0.1, 0.15) is 23.9 Å². The van der Waals surface area contributed by atoms with E-state index >= 15 is 0 Å². The molecule has 0 spiro atoms. The van der Waals surface area contributed by atoms with E-state index in [1.807, 2.05) is 38.1 Å². The molecule has 124 valence electrons. The zero-order valence-electron chi connectivity index (χ0n) is 14.2. The molecule has 3 rings (SSSR count). The third kappa shape index (κ3) is 3.79. The number of rotatable bonds is 6. The highest BCUT2D eigenvalue weighted by Crippen LogP contribution is 2.26. The fourth-order valence-electron chi connectivity index (χ4n) is 2.42. The first-order valence-corrected chi connectivity index (χ1v) is 8.99. The average Bonchev–Trinajstić information content (AvgIpc) is 2.96. The summed E-state index contributed by atoms with van der Waals surface area (Å²) in [7, 11) is 0. The van der Waals surface area contributed by atoms with Gasteiger partial charge in [0, 0.05) is 11.4 Å². The fraction of sp³-hybridized carbons (Fsp3) is 0.263. The minimum absolute atomic E-state index is 0.669. The SMILES string of the molecule is CCOc1ccc(-n2c(C)nnc2SCc2ccc(C)cc2)cc1. The van der Waals surface area contributed by atoms with Gasteiger partial charge in [-0.05, 0) is 50.6 Å². The molecule has 0 saturated heterocycles. The standard InChI is InChI=1S/C19H21N3OS/c1-4-23-18-11-9-17(10-12-18)22-15(3)20-21-19(22)24-13-16-7-5-14(2)6-8-16/h5-12H,4,13H2,1-3H3. The van der Waals surface area contributed by atoms with Crippen LogP contribution in [0.5, 0.6) is 5.75 Å². The molecule has 24 heavy (non-hydrogen) atoms. The Kier molecular flexibility index (Phi) is 5.20. The second kappa shape index (κ2) is 7.53. The summed E-state index contributed by atoms with van der Waals surface area (Å²) in [6.07, 6.45) is 0. The molecule has 0 aliphatic carbocycles. The second-order valence-electron chi connectivity index (χ2n) is 5.57. The summed E-state index contributed by atoms with van der Waals surface area (Å²) in [5.74, 6) is 2.63. The molecule has 0 N–H and O–H groups in total. The summed E-state index contributed by atoms with van der Waals surface area (Å²) >= 11 is 1.69. The number of nitrogens with zero attached hydrogens (tertiary/aromatic N) is 3. The Morgan fingerprint density at radius 1 is 0.958 bits per heavy atom. The molecule has 5 heteroatoms. The molecule has 0 aliphatic rings. The van der Waals surface area contributed by atoms with Gasteiger partial charge in [-0.3, -0.25) is 4.57 Å². The van der Waals surface area contributed by atoms with Crippen LogP contribution in [-0.4, -0.2) is 21.4 Å². The quantitative estimate of drug-likeness (QED) is 0.617. The number of hydrogen-bond donors (Lipinski definition) is 0. The lowest BCUT2D eigenvalue weighted by atomic mass is 10.2. The van der Waals surface area contributed by atoms with Crippen LogP contribution in [0.2, 0.25) is 0 Å². The van der Waals surface area contributed by atoms with E-state index in [1.54, 1.807) is 11.8 Å². The number of thioether (sulfide) groups is 1. The van der Waals surface area contributed by atoms with Crippen LogP contribution in [0.4, 0.5) is 0 Å². The topological polar surface area (TPSA) is 39.9 Å². The first-order valence-electron chi connectivity index (χ1n) is 8.01. The highest BCUT2D eigenvalue weighted by molar-refractivity contribution is 7.98. The highest BCUT2D eigenvalue weighted by atomic mass is 32.2. The van der Waals surface area contributed by atoms with Crippen molar-refractivity contribution in [3.63, 3.8) is 0 Å². The van der Waals surface area contributed by atoms with Gasteiger partial charge in [-0.15, -0.1) is 10.2 Å². The van der Waals surface area contributed by atoms with Crippen molar-refractivity contribution in [2.45, 2.75) is 31.7 Å². The number of aromatic nitrogens is 3. The molecule has 3 aromatic rings. The van der Waals surface area contributed by atoms with E-state index in [9.17, 15) is 0 Å². The van der Waals surface area contributed by atoms with Crippen molar-refractivity contribution in [2.75, 3.05) is 6.61 Å². The molecule has 2 aromatic carbocycles. The molecular weight excluding hydrogens is 318 g/mol. The molecule has 0 aliphatic heterocycles. The molecule has 1 aromatic heterocycles. The summed E-state index contributed by atoms with van der Waals surface area (Å²) in [6.45, 7) is 6.72. The van der Waals surface area contributed by atoms with Gasteiger partial charge in [0.15, 0.2) is 5.16 Å². The summed E-state index contributed by atoms with van der Waals surface area (Å²) in [5, 5.41) is 9.47. The van der Waals surface area contributed by atoms with Gasteiger partial charge in [0.1, 0.15) is 11.6 Å². The van der Waals surface area contributed by atoms with Crippen molar-refractivity contribution >= 4 is 11.8 Å². The molecule has 0 atom stereocenters. The Labute approximate surface area is 146 Å². The van der Waals surface area contributed by atoms with E-state index in [0.717, 1.165) is 28.2 Å². The Hall–Kier alpha value is -2.27. The number of benzene rings is 2. The molecule has 0 amide bonds. The largest absolute Gasteiger partial charge is 0.494 e. The van der Waals surface area contributed by atoms with Gasteiger partial charge >= 0.3 is 0 Å². The van der Waals surface area contributed by atoms with Gasteiger partial charge in [-0.25, -0.2) is 0 Å². The summed E-state index contributed by atoms with van der Waals surface area (Å²) in [5.41, 5.74) is 3.61. The zero-order valence-corrected chi connectivity index (χ0v) is 15.0. The first kappa shape index (κ1) is 16.6.